The monoisotopic (exact) mass is 335 g/mol. The summed E-state index contributed by atoms with van der Waals surface area (Å²) in [4.78, 5) is 17.9. The summed E-state index contributed by atoms with van der Waals surface area (Å²) in [5.41, 5.74) is 1.86. The molecule has 0 unspecified atom stereocenters. The molecule has 3 rings (SSSR count). The van der Waals surface area contributed by atoms with Crippen molar-refractivity contribution in [2.45, 2.75) is 38.5 Å². The highest BCUT2D eigenvalue weighted by Crippen LogP contribution is 2.28. The van der Waals surface area contributed by atoms with Gasteiger partial charge >= 0.3 is 6.03 Å². The van der Waals surface area contributed by atoms with E-state index in [-0.39, 0.29) is 6.03 Å². The summed E-state index contributed by atoms with van der Waals surface area (Å²) < 4.78 is 0. The molecule has 0 saturated heterocycles. The second kappa shape index (κ2) is 7.11. The Hall–Kier alpha value is -1.59. The van der Waals surface area contributed by atoms with Crippen LogP contribution >= 0.6 is 22.9 Å². The van der Waals surface area contributed by atoms with E-state index >= 15 is 0 Å². The van der Waals surface area contributed by atoms with E-state index in [9.17, 15) is 4.79 Å². The van der Waals surface area contributed by atoms with Crippen LogP contribution < -0.4 is 10.6 Å². The van der Waals surface area contributed by atoms with E-state index in [1.807, 2.05) is 0 Å². The van der Waals surface area contributed by atoms with Crippen molar-refractivity contribution in [1.82, 2.24) is 4.98 Å². The minimum Gasteiger partial charge on any atom is -0.308 e. The van der Waals surface area contributed by atoms with Crippen molar-refractivity contribution in [3.8, 4) is 0 Å². The first-order valence-electron chi connectivity index (χ1n) is 7.53. The fourth-order valence-corrected chi connectivity index (χ4v) is 3.72. The maximum atomic E-state index is 12.0. The van der Waals surface area contributed by atoms with Gasteiger partial charge < -0.3 is 5.32 Å². The van der Waals surface area contributed by atoms with Gasteiger partial charge in [-0.2, -0.15) is 0 Å². The van der Waals surface area contributed by atoms with E-state index in [0.717, 1.165) is 18.5 Å². The van der Waals surface area contributed by atoms with Crippen LogP contribution in [0.3, 0.4) is 0 Å². The number of carbonyl (C=O) groups excluding carboxylic acids is 1. The van der Waals surface area contributed by atoms with Gasteiger partial charge in [0.05, 0.1) is 5.69 Å². The van der Waals surface area contributed by atoms with Crippen LogP contribution in [-0.2, 0) is 12.8 Å². The zero-order valence-corrected chi connectivity index (χ0v) is 13.8. The number of fused-ring (bicyclic) bond motifs is 1. The fourth-order valence-electron chi connectivity index (χ4n) is 2.55. The summed E-state index contributed by atoms with van der Waals surface area (Å²) in [5.74, 6) is 0. The number of aromatic nitrogens is 1. The van der Waals surface area contributed by atoms with E-state index in [2.05, 4.69) is 15.6 Å². The Bertz CT molecular complexity index is 628. The maximum absolute atomic E-state index is 12.0. The predicted octanol–water partition coefficient (Wildman–Crippen LogP) is 5.10. The first-order chi connectivity index (χ1) is 10.7. The molecule has 4 nitrogen and oxygen atoms in total. The molecule has 2 aromatic rings. The maximum Gasteiger partial charge on any atom is 0.325 e. The van der Waals surface area contributed by atoms with E-state index in [0.29, 0.717) is 15.8 Å². The number of nitrogens with one attached hydrogen (secondary N) is 2. The largest absolute Gasteiger partial charge is 0.325 e. The third-order valence-corrected chi connectivity index (χ3v) is 4.99. The second-order valence-corrected chi connectivity index (χ2v) is 6.91. The predicted molar refractivity (Wildman–Crippen MR) is 92.1 cm³/mol. The quantitative estimate of drug-likeness (QED) is 0.802. The molecule has 0 spiro atoms. The summed E-state index contributed by atoms with van der Waals surface area (Å²) in [6.07, 6.45) is 7.06. The van der Waals surface area contributed by atoms with Gasteiger partial charge in [0.15, 0.2) is 5.13 Å². The lowest BCUT2D eigenvalue weighted by molar-refractivity contribution is 0.262. The molecule has 1 heterocycles. The van der Waals surface area contributed by atoms with E-state index < -0.39 is 0 Å². The lowest BCUT2D eigenvalue weighted by Gasteiger charge is -2.06. The van der Waals surface area contributed by atoms with Gasteiger partial charge in [-0.15, -0.1) is 11.3 Å². The minimum absolute atomic E-state index is 0.274. The Morgan fingerprint density at radius 3 is 2.55 bits per heavy atom. The van der Waals surface area contributed by atoms with Crippen LogP contribution in [0.1, 0.15) is 36.3 Å². The molecule has 6 heteroatoms. The first kappa shape index (κ1) is 15.3. The lowest BCUT2D eigenvalue weighted by Crippen LogP contribution is -2.19. The van der Waals surface area contributed by atoms with Crippen LogP contribution in [0.15, 0.2) is 24.3 Å². The van der Waals surface area contributed by atoms with Crippen molar-refractivity contribution in [2.75, 3.05) is 10.6 Å². The fraction of sp³-hybridized carbons (Fsp3) is 0.375. The molecule has 0 aliphatic heterocycles. The van der Waals surface area contributed by atoms with Crippen molar-refractivity contribution in [3.05, 3.63) is 39.9 Å². The van der Waals surface area contributed by atoms with Crippen LogP contribution in [0.5, 0.6) is 0 Å². The molecule has 0 bridgehead atoms. The number of hydrogen-bond donors (Lipinski definition) is 2. The number of aryl methyl sites for hydroxylation is 2. The lowest BCUT2D eigenvalue weighted by atomic mass is 10.0. The van der Waals surface area contributed by atoms with Gasteiger partial charge in [0, 0.05) is 15.6 Å². The van der Waals surface area contributed by atoms with Gasteiger partial charge in [-0.1, -0.05) is 24.4 Å². The number of amides is 2. The number of halogens is 1. The van der Waals surface area contributed by atoms with Crippen molar-refractivity contribution in [3.63, 3.8) is 0 Å². The van der Waals surface area contributed by atoms with Gasteiger partial charge in [-0.3, -0.25) is 5.32 Å². The highest BCUT2D eigenvalue weighted by Gasteiger charge is 2.14. The van der Waals surface area contributed by atoms with Gasteiger partial charge in [-0.05, 0) is 49.9 Å². The molecule has 1 aromatic heterocycles. The molecule has 1 aromatic carbocycles. The third kappa shape index (κ3) is 3.99. The van der Waals surface area contributed by atoms with Gasteiger partial charge in [0.25, 0.3) is 0 Å². The summed E-state index contributed by atoms with van der Waals surface area (Å²) >= 11 is 7.42. The Balaban J connectivity index is 1.63. The number of urea groups is 1. The normalized spacial score (nSPS) is 14.6. The average molecular weight is 336 g/mol. The third-order valence-electron chi connectivity index (χ3n) is 3.67. The Kier molecular flexibility index (Phi) is 4.95. The van der Waals surface area contributed by atoms with Crippen molar-refractivity contribution >= 4 is 39.8 Å². The molecule has 22 heavy (non-hydrogen) atoms. The zero-order chi connectivity index (χ0) is 15.4. The summed E-state index contributed by atoms with van der Waals surface area (Å²) in [6.45, 7) is 0. The van der Waals surface area contributed by atoms with Crippen LogP contribution in [0.25, 0.3) is 0 Å². The molecular weight excluding hydrogens is 318 g/mol. The molecular formula is C16H18ClN3OS. The van der Waals surface area contributed by atoms with Crippen molar-refractivity contribution in [2.24, 2.45) is 0 Å². The topological polar surface area (TPSA) is 54.0 Å². The Morgan fingerprint density at radius 1 is 1.05 bits per heavy atom. The van der Waals surface area contributed by atoms with Gasteiger partial charge in [0.1, 0.15) is 0 Å². The zero-order valence-electron chi connectivity index (χ0n) is 12.2. The van der Waals surface area contributed by atoms with Crippen LogP contribution in [0.4, 0.5) is 15.6 Å². The molecule has 0 fully saturated rings. The highest BCUT2D eigenvalue weighted by molar-refractivity contribution is 7.15. The van der Waals surface area contributed by atoms with E-state index in [1.165, 1.54) is 30.6 Å². The Labute approximate surface area is 138 Å². The number of rotatable bonds is 2. The van der Waals surface area contributed by atoms with Crippen molar-refractivity contribution in [1.29, 1.82) is 0 Å². The van der Waals surface area contributed by atoms with Crippen LogP contribution in [-0.4, -0.2) is 11.0 Å². The first-order valence-corrected chi connectivity index (χ1v) is 8.72. The molecule has 1 aliphatic rings. The van der Waals surface area contributed by atoms with E-state index in [4.69, 9.17) is 11.6 Å². The van der Waals surface area contributed by atoms with Crippen LogP contribution in [0, 0.1) is 0 Å². The van der Waals surface area contributed by atoms with Gasteiger partial charge in [-0.25, -0.2) is 9.78 Å². The number of thiazole rings is 1. The summed E-state index contributed by atoms with van der Waals surface area (Å²) in [7, 11) is 0. The molecule has 0 radical (unpaired) electrons. The standard InChI is InChI=1S/C16H18ClN3OS/c17-11-7-9-12(10-8-11)18-15(21)20-16-19-13-5-3-1-2-4-6-14(13)22-16/h7-10H,1-6H2,(H2,18,19,20,21). The van der Waals surface area contributed by atoms with Crippen molar-refractivity contribution < 1.29 is 4.79 Å². The number of carbonyl (C=O) groups is 1. The molecule has 0 atom stereocenters. The van der Waals surface area contributed by atoms with E-state index in [1.54, 1.807) is 35.6 Å². The Morgan fingerprint density at radius 2 is 1.77 bits per heavy atom. The van der Waals surface area contributed by atoms with Gasteiger partial charge in [0.2, 0.25) is 0 Å². The average Bonchev–Trinajstić information content (AvgIpc) is 2.82. The number of nitrogens with zero attached hydrogens (tertiary/aromatic N) is 1. The summed E-state index contributed by atoms with van der Waals surface area (Å²) in [6, 6.07) is 6.74. The molecule has 2 N–H and O–H groups in total. The summed E-state index contributed by atoms with van der Waals surface area (Å²) in [5, 5.41) is 6.93. The minimum atomic E-state index is -0.274. The second-order valence-electron chi connectivity index (χ2n) is 5.39. The molecule has 116 valence electrons. The SMILES string of the molecule is O=C(Nc1ccc(Cl)cc1)Nc1nc2c(s1)CCCCCC2. The van der Waals surface area contributed by atoms with Crippen LogP contribution in [0.2, 0.25) is 5.02 Å². The number of hydrogen-bond acceptors (Lipinski definition) is 3. The molecule has 1 aliphatic carbocycles. The highest BCUT2D eigenvalue weighted by atomic mass is 35.5. The number of benzene rings is 1. The molecule has 0 saturated carbocycles. The number of anilines is 2. The molecule has 2 amide bonds. The smallest absolute Gasteiger partial charge is 0.308 e.